The largest absolute Gasteiger partial charge is 0.258 e. The van der Waals surface area contributed by atoms with Crippen molar-refractivity contribution in [2.45, 2.75) is 33.1 Å². The molecule has 0 saturated carbocycles. The van der Waals surface area contributed by atoms with E-state index in [0.717, 1.165) is 50.9 Å². The van der Waals surface area contributed by atoms with Gasteiger partial charge in [0.2, 0.25) is 0 Å². The Bertz CT molecular complexity index is 2280. The monoisotopic (exact) mass is 690 g/mol. The summed E-state index contributed by atoms with van der Waals surface area (Å²) < 4.78 is 0. The molecular formula is C43H34N10. The average Bonchev–Trinajstić information content (AvgIpc) is 3.21. The van der Waals surface area contributed by atoms with Crippen molar-refractivity contribution < 1.29 is 0 Å². The van der Waals surface area contributed by atoms with Gasteiger partial charge in [0.1, 0.15) is 0 Å². The van der Waals surface area contributed by atoms with Gasteiger partial charge in [0.05, 0.1) is 45.6 Å². The summed E-state index contributed by atoms with van der Waals surface area (Å²) >= 11 is 0. The fourth-order valence-electron chi connectivity index (χ4n) is 5.85. The molecule has 0 unspecified atom stereocenters. The van der Waals surface area contributed by atoms with Gasteiger partial charge in [-0.05, 0) is 91.9 Å². The Labute approximate surface area is 307 Å². The van der Waals surface area contributed by atoms with Crippen molar-refractivity contribution in [2.75, 3.05) is 0 Å². The summed E-state index contributed by atoms with van der Waals surface area (Å²) in [5.41, 5.74) is 9.45. The first-order valence-electron chi connectivity index (χ1n) is 17.2. The molecule has 0 aliphatic carbocycles. The zero-order valence-corrected chi connectivity index (χ0v) is 29.7. The van der Waals surface area contributed by atoms with Gasteiger partial charge in [0.25, 0.3) is 0 Å². The van der Waals surface area contributed by atoms with E-state index in [2.05, 4.69) is 46.8 Å². The van der Waals surface area contributed by atoms with Crippen molar-refractivity contribution in [3.05, 3.63) is 145 Å². The molecule has 8 aromatic heterocycles. The first kappa shape index (κ1) is 33.2. The zero-order chi connectivity index (χ0) is 36.4. The molecule has 0 atom stereocenters. The van der Waals surface area contributed by atoms with Crippen LogP contribution in [0.4, 0.5) is 0 Å². The molecule has 0 amide bonds. The third kappa shape index (κ3) is 7.29. The van der Waals surface area contributed by atoms with Gasteiger partial charge in [-0.25, -0.2) is 24.9 Å². The van der Waals surface area contributed by atoms with Gasteiger partial charge in [-0.15, -0.1) is 0 Å². The Balaban J connectivity index is 1.39. The Morgan fingerprint density at radius 2 is 0.698 bits per heavy atom. The number of hydrogen-bond donors (Lipinski definition) is 0. The van der Waals surface area contributed by atoms with E-state index in [1.54, 1.807) is 24.8 Å². The second kappa shape index (κ2) is 14.0. The minimum Gasteiger partial charge on any atom is -0.258 e. The van der Waals surface area contributed by atoms with Crippen molar-refractivity contribution in [2.24, 2.45) is 0 Å². The predicted molar refractivity (Wildman–Crippen MR) is 206 cm³/mol. The molecule has 0 saturated heterocycles. The average molecular weight is 691 g/mol. The van der Waals surface area contributed by atoms with E-state index in [1.807, 2.05) is 110 Å². The highest BCUT2D eigenvalue weighted by Gasteiger charge is 2.21. The van der Waals surface area contributed by atoms with Gasteiger partial charge in [-0.2, -0.15) is 0 Å². The van der Waals surface area contributed by atoms with Crippen LogP contribution in [0.15, 0.2) is 134 Å². The highest BCUT2D eigenvalue weighted by atomic mass is 15.0. The van der Waals surface area contributed by atoms with Gasteiger partial charge in [0, 0.05) is 58.3 Å². The van der Waals surface area contributed by atoms with Gasteiger partial charge < -0.3 is 0 Å². The SMILES string of the molecule is Cc1cc(-c2nc(-c3cc(-c4ccccn4)nc(-c4ccccn4)c3)nc(-c3cc(-c4ccccn4)nc(-c4ccccn4)c3)n2)cc(C(C)(C)C)n1. The Morgan fingerprint density at radius 1 is 0.358 bits per heavy atom. The fourth-order valence-corrected chi connectivity index (χ4v) is 5.85. The molecule has 0 radical (unpaired) electrons. The van der Waals surface area contributed by atoms with Gasteiger partial charge in [0.15, 0.2) is 17.5 Å². The molecule has 256 valence electrons. The fraction of sp³-hybridized carbons (Fsp3) is 0.116. The molecule has 0 bridgehead atoms. The highest BCUT2D eigenvalue weighted by molar-refractivity contribution is 5.76. The maximum atomic E-state index is 5.16. The van der Waals surface area contributed by atoms with Crippen molar-refractivity contribution in [1.82, 2.24) is 49.8 Å². The van der Waals surface area contributed by atoms with Crippen molar-refractivity contribution in [1.29, 1.82) is 0 Å². The summed E-state index contributed by atoms with van der Waals surface area (Å²) in [6.07, 6.45) is 7.01. The van der Waals surface area contributed by atoms with E-state index < -0.39 is 0 Å². The van der Waals surface area contributed by atoms with Crippen LogP contribution in [0.1, 0.15) is 32.2 Å². The first-order chi connectivity index (χ1) is 25.8. The number of nitrogens with zero attached hydrogens (tertiary/aromatic N) is 10. The highest BCUT2D eigenvalue weighted by Crippen LogP contribution is 2.33. The minimum absolute atomic E-state index is 0.194. The van der Waals surface area contributed by atoms with Crippen LogP contribution in [-0.2, 0) is 5.41 Å². The lowest BCUT2D eigenvalue weighted by atomic mass is 9.90. The minimum atomic E-state index is -0.194. The first-order valence-corrected chi connectivity index (χ1v) is 17.2. The van der Waals surface area contributed by atoms with Crippen molar-refractivity contribution in [3.8, 4) is 79.7 Å². The molecule has 0 fully saturated rings. The molecule has 10 nitrogen and oxygen atoms in total. The maximum absolute atomic E-state index is 5.16. The van der Waals surface area contributed by atoms with Crippen LogP contribution in [0.5, 0.6) is 0 Å². The lowest BCUT2D eigenvalue weighted by molar-refractivity contribution is 0.567. The summed E-state index contributed by atoms with van der Waals surface area (Å²) in [5, 5.41) is 0. The number of aryl methyl sites for hydroxylation is 1. The molecule has 0 aromatic carbocycles. The summed E-state index contributed by atoms with van der Waals surface area (Å²) in [6.45, 7) is 8.43. The summed E-state index contributed by atoms with van der Waals surface area (Å²) in [5.74, 6) is 1.43. The van der Waals surface area contributed by atoms with Crippen LogP contribution in [0.3, 0.4) is 0 Å². The van der Waals surface area contributed by atoms with E-state index in [-0.39, 0.29) is 5.41 Å². The van der Waals surface area contributed by atoms with Gasteiger partial charge >= 0.3 is 0 Å². The summed E-state index contributed by atoms with van der Waals surface area (Å²) in [6, 6.07) is 34.9. The smallest absolute Gasteiger partial charge is 0.164 e. The normalized spacial score (nSPS) is 11.4. The van der Waals surface area contributed by atoms with E-state index in [0.29, 0.717) is 40.2 Å². The molecule has 8 rings (SSSR count). The predicted octanol–water partition coefficient (Wildman–Crippen LogP) is 8.91. The molecule has 53 heavy (non-hydrogen) atoms. The lowest BCUT2D eigenvalue weighted by Crippen LogP contribution is -2.14. The van der Waals surface area contributed by atoms with E-state index in [4.69, 9.17) is 29.9 Å². The van der Waals surface area contributed by atoms with Crippen LogP contribution >= 0.6 is 0 Å². The molecular weight excluding hydrogens is 657 g/mol. The topological polar surface area (TPSA) is 129 Å². The quantitative estimate of drug-likeness (QED) is 0.160. The Hall–Kier alpha value is -6.94. The molecule has 8 aromatic rings. The Morgan fingerprint density at radius 3 is 1.00 bits per heavy atom. The molecule has 0 aliphatic rings. The molecule has 10 heteroatoms. The number of pyridine rings is 7. The third-order valence-corrected chi connectivity index (χ3v) is 8.49. The van der Waals surface area contributed by atoms with Crippen LogP contribution in [0, 0.1) is 6.92 Å². The molecule has 0 spiro atoms. The van der Waals surface area contributed by atoms with Gasteiger partial charge in [-0.3, -0.25) is 24.9 Å². The van der Waals surface area contributed by atoms with E-state index in [1.165, 1.54) is 0 Å². The second-order valence-corrected chi connectivity index (χ2v) is 13.6. The number of aromatic nitrogens is 10. The third-order valence-electron chi connectivity index (χ3n) is 8.49. The van der Waals surface area contributed by atoms with Crippen LogP contribution in [-0.4, -0.2) is 49.8 Å². The summed E-state index contributed by atoms with van der Waals surface area (Å²) in [4.78, 5) is 48.7. The van der Waals surface area contributed by atoms with Crippen molar-refractivity contribution >= 4 is 0 Å². The molecule has 8 heterocycles. The summed E-state index contributed by atoms with van der Waals surface area (Å²) in [7, 11) is 0. The maximum Gasteiger partial charge on any atom is 0.164 e. The standard InChI is InChI=1S/C43H34N10/c1-27-21-28(26-39(48-27)43(2,3)4)40-51-41(29-22-35(31-13-5-9-17-44-31)49-36(23-29)32-14-6-10-18-45-32)53-42(52-40)30-24-37(33-15-7-11-19-46-33)50-38(25-30)34-16-8-12-20-47-34/h5-26H,1-4H3. The van der Waals surface area contributed by atoms with Crippen LogP contribution in [0.25, 0.3) is 79.7 Å². The molecule has 0 aliphatic heterocycles. The van der Waals surface area contributed by atoms with Crippen molar-refractivity contribution in [3.63, 3.8) is 0 Å². The van der Waals surface area contributed by atoms with Crippen LogP contribution in [0.2, 0.25) is 0 Å². The number of rotatable bonds is 7. The van der Waals surface area contributed by atoms with Crippen LogP contribution < -0.4 is 0 Å². The molecule has 0 N–H and O–H groups in total. The van der Waals surface area contributed by atoms with Gasteiger partial charge in [-0.1, -0.05) is 45.0 Å². The van der Waals surface area contributed by atoms with E-state index >= 15 is 0 Å². The lowest BCUT2D eigenvalue weighted by Gasteiger charge is -2.19. The second-order valence-electron chi connectivity index (χ2n) is 13.6. The Kier molecular flexibility index (Phi) is 8.77. The number of hydrogen-bond acceptors (Lipinski definition) is 10. The zero-order valence-electron chi connectivity index (χ0n) is 29.7. The van der Waals surface area contributed by atoms with E-state index in [9.17, 15) is 0 Å².